The number of carbonyl (C=O) groups excluding carboxylic acids is 1. The number of amides is 1. The fourth-order valence-corrected chi connectivity index (χ4v) is 1.68. The Bertz CT molecular complexity index is 161. The van der Waals surface area contributed by atoms with Gasteiger partial charge in [0.15, 0.2) is 0 Å². The van der Waals surface area contributed by atoms with Crippen LogP contribution in [0.2, 0.25) is 0 Å². The first-order chi connectivity index (χ1) is 5.75. The molecule has 2 N–H and O–H groups in total. The molecule has 4 heteroatoms. The number of hydrogen-bond donors (Lipinski definition) is 1. The Morgan fingerprint density at radius 2 is 2.33 bits per heavy atom. The highest BCUT2D eigenvalue weighted by molar-refractivity contribution is 5.80. The first-order valence-electron chi connectivity index (χ1n) is 4.37. The van der Waals surface area contributed by atoms with Crippen molar-refractivity contribution in [1.29, 1.82) is 0 Å². The molecule has 12 heavy (non-hydrogen) atoms. The molecule has 1 heterocycles. The summed E-state index contributed by atoms with van der Waals surface area (Å²) < 4.78 is 0. The number of nitrogens with zero attached hydrogens (tertiary/aromatic N) is 1. The highest BCUT2D eigenvalue weighted by atomic mass is 16.3. The third kappa shape index (κ3) is 2.19. The van der Waals surface area contributed by atoms with Crippen LogP contribution < -0.4 is 5.73 Å². The lowest BCUT2D eigenvalue weighted by molar-refractivity contribution is -0.122. The summed E-state index contributed by atoms with van der Waals surface area (Å²) in [5.74, 6) is -0.251. The normalized spacial score (nSPS) is 24.6. The van der Waals surface area contributed by atoms with Crippen LogP contribution in [0.25, 0.3) is 0 Å². The fraction of sp³-hybridized carbons (Fsp3) is 0.875. The van der Waals surface area contributed by atoms with Crippen LogP contribution in [0.15, 0.2) is 0 Å². The maximum Gasteiger partial charge on any atom is 0.234 e. The number of primary amides is 1. The quantitative estimate of drug-likeness (QED) is 0.634. The van der Waals surface area contributed by atoms with Crippen LogP contribution in [0.1, 0.15) is 19.3 Å². The van der Waals surface area contributed by atoms with Crippen molar-refractivity contribution in [2.45, 2.75) is 25.3 Å². The lowest BCUT2D eigenvalue weighted by Crippen LogP contribution is -2.40. The highest BCUT2D eigenvalue weighted by Gasteiger charge is 2.27. The zero-order valence-electron chi connectivity index (χ0n) is 7.16. The van der Waals surface area contributed by atoms with E-state index < -0.39 is 0 Å². The Hall–Kier alpha value is -0.610. The van der Waals surface area contributed by atoms with Crippen LogP contribution >= 0.6 is 0 Å². The summed E-state index contributed by atoms with van der Waals surface area (Å²) in [7, 11) is 0. The van der Waals surface area contributed by atoms with Crippen LogP contribution in [0.5, 0.6) is 0 Å². The molecule has 69 valence electrons. The molecule has 0 aromatic carbocycles. The maximum absolute atomic E-state index is 10.9. The summed E-state index contributed by atoms with van der Waals surface area (Å²) in [5.41, 5.74) is 5.20. The standard InChI is InChI=1S/C8H15N2O2/c9-8(12)7-3-1-4-10(7)5-2-6-11/h7H,1-6H2,(H2,9,12). The van der Waals surface area contributed by atoms with E-state index in [1.807, 2.05) is 4.90 Å². The summed E-state index contributed by atoms with van der Waals surface area (Å²) in [5, 5.41) is 10.2. The van der Waals surface area contributed by atoms with Gasteiger partial charge >= 0.3 is 0 Å². The molecule has 1 radical (unpaired) electrons. The molecule has 0 saturated carbocycles. The summed E-state index contributed by atoms with van der Waals surface area (Å²) in [6.45, 7) is 1.56. The van der Waals surface area contributed by atoms with E-state index in [1.54, 1.807) is 0 Å². The molecule has 1 unspecified atom stereocenters. The van der Waals surface area contributed by atoms with E-state index in [0.29, 0.717) is 6.42 Å². The summed E-state index contributed by atoms with van der Waals surface area (Å²) >= 11 is 0. The molecule has 1 aliphatic rings. The van der Waals surface area contributed by atoms with Crippen molar-refractivity contribution >= 4 is 5.91 Å². The summed E-state index contributed by atoms with van der Waals surface area (Å²) in [6, 6.07) is -0.114. The maximum atomic E-state index is 10.9. The SMILES string of the molecule is NC(=O)C1CCCN1CCC[O]. The number of hydrogen-bond acceptors (Lipinski definition) is 2. The van der Waals surface area contributed by atoms with E-state index in [1.165, 1.54) is 0 Å². The van der Waals surface area contributed by atoms with Crippen molar-refractivity contribution < 1.29 is 9.90 Å². The molecule has 0 aromatic heterocycles. The predicted molar refractivity (Wildman–Crippen MR) is 44.0 cm³/mol. The van der Waals surface area contributed by atoms with Crippen LogP contribution in [0.4, 0.5) is 0 Å². The van der Waals surface area contributed by atoms with Gasteiger partial charge in [-0.25, -0.2) is 5.11 Å². The van der Waals surface area contributed by atoms with Gasteiger partial charge in [0.25, 0.3) is 0 Å². The molecule has 1 aliphatic heterocycles. The minimum absolute atomic E-state index is 0.0675. The monoisotopic (exact) mass is 171 g/mol. The van der Waals surface area contributed by atoms with Crippen LogP contribution in [-0.4, -0.2) is 36.5 Å². The van der Waals surface area contributed by atoms with Gasteiger partial charge in [0.2, 0.25) is 5.91 Å². The topological polar surface area (TPSA) is 66.2 Å². The Morgan fingerprint density at radius 1 is 1.58 bits per heavy atom. The van der Waals surface area contributed by atoms with Crippen LogP contribution in [0.3, 0.4) is 0 Å². The van der Waals surface area contributed by atoms with Crippen molar-refractivity contribution in [3.05, 3.63) is 0 Å². The molecule has 1 saturated heterocycles. The van der Waals surface area contributed by atoms with Gasteiger partial charge in [-0.3, -0.25) is 9.69 Å². The summed E-state index contributed by atoms with van der Waals surface area (Å²) in [6.07, 6.45) is 2.49. The molecule has 1 rings (SSSR count). The van der Waals surface area contributed by atoms with Gasteiger partial charge in [-0.2, -0.15) is 0 Å². The van der Waals surface area contributed by atoms with E-state index in [0.717, 1.165) is 25.9 Å². The first-order valence-corrected chi connectivity index (χ1v) is 4.37. The molecule has 1 amide bonds. The summed E-state index contributed by atoms with van der Waals surface area (Å²) in [4.78, 5) is 12.9. The molecule has 1 atom stereocenters. The molecule has 4 nitrogen and oxygen atoms in total. The van der Waals surface area contributed by atoms with Gasteiger partial charge in [-0.05, 0) is 25.8 Å². The zero-order valence-corrected chi connectivity index (χ0v) is 7.16. The molecule has 0 bridgehead atoms. The van der Waals surface area contributed by atoms with Gasteiger partial charge in [0, 0.05) is 6.54 Å². The van der Waals surface area contributed by atoms with E-state index in [-0.39, 0.29) is 18.6 Å². The van der Waals surface area contributed by atoms with Crippen LogP contribution in [-0.2, 0) is 9.90 Å². The van der Waals surface area contributed by atoms with Crippen molar-refractivity contribution in [3.8, 4) is 0 Å². The molecular weight excluding hydrogens is 156 g/mol. The number of rotatable bonds is 4. The minimum Gasteiger partial charge on any atom is -0.368 e. The average Bonchev–Trinajstić information content (AvgIpc) is 2.48. The van der Waals surface area contributed by atoms with Crippen molar-refractivity contribution in [1.82, 2.24) is 4.90 Å². The highest BCUT2D eigenvalue weighted by Crippen LogP contribution is 2.16. The van der Waals surface area contributed by atoms with Gasteiger partial charge < -0.3 is 5.73 Å². The van der Waals surface area contributed by atoms with Gasteiger partial charge in [0.05, 0.1) is 12.6 Å². The molecule has 0 aliphatic carbocycles. The third-order valence-electron chi connectivity index (χ3n) is 2.28. The lowest BCUT2D eigenvalue weighted by Gasteiger charge is -2.20. The Kier molecular flexibility index (Phi) is 3.49. The average molecular weight is 171 g/mol. The second-order valence-electron chi connectivity index (χ2n) is 3.15. The van der Waals surface area contributed by atoms with Crippen molar-refractivity contribution in [3.63, 3.8) is 0 Å². The van der Waals surface area contributed by atoms with E-state index in [2.05, 4.69) is 0 Å². The van der Waals surface area contributed by atoms with Crippen molar-refractivity contribution in [2.24, 2.45) is 5.73 Å². The second kappa shape index (κ2) is 4.42. The van der Waals surface area contributed by atoms with Gasteiger partial charge in [-0.1, -0.05) is 0 Å². The second-order valence-corrected chi connectivity index (χ2v) is 3.15. The predicted octanol–water partition coefficient (Wildman–Crippen LogP) is -0.243. The van der Waals surface area contributed by atoms with Crippen LogP contribution in [0, 0.1) is 0 Å². The molecular formula is C8H15N2O2. The number of nitrogens with two attached hydrogens (primary N) is 1. The minimum atomic E-state index is -0.251. The fourth-order valence-electron chi connectivity index (χ4n) is 1.68. The van der Waals surface area contributed by atoms with Crippen molar-refractivity contribution in [2.75, 3.05) is 19.7 Å². The number of carbonyl (C=O) groups is 1. The largest absolute Gasteiger partial charge is 0.368 e. The smallest absolute Gasteiger partial charge is 0.234 e. The molecule has 0 spiro atoms. The van der Waals surface area contributed by atoms with E-state index >= 15 is 0 Å². The van der Waals surface area contributed by atoms with Gasteiger partial charge in [0.1, 0.15) is 0 Å². The van der Waals surface area contributed by atoms with E-state index in [4.69, 9.17) is 5.73 Å². The Balaban J connectivity index is 2.35. The lowest BCUT2D eigenvalue weighted by atomic mass is 10.2. The Labute approximate surface area is 72.3 Å². The molecule has 1 fully saturated rings. The first kappa shape index (κ1) is 9.48. The third-order valence-corrected chi connectivity index (χ3v) is 2.28. The number of likely N-dealkylation sites (tertiary alicyclic amines) is 1. The Morgan fingerprint density at radius 3 is 2.92 bits per heavy atom. The molecule has 0 aromatic rings. The zero-order chi connectivity index (χ0) is 8.97. The van der Waals surface area contributed by atoms with Gasteiger partial charge in [-0.15, -0.1) is 0 Å². The van der Waals surface area contributed by atoms with E-state index in [9.17, 15) is 9.90 Å².